The van der Waals surface area contributed by atoms with E-state index in [1.165, 1.54) is 18.2 Å². The number of aromatic nitrogens is 3. The molecule has 0 aliphatic rings. The number of carbonyl (C=O) groups excluding carboxylic acids is 1. The SMILES string of the molecule is O=C(Nc1ccccc1-c1nc(-c2cccnc2)no1)c1ccccc1[N+](=O)[O-]. The molecule has 2 aromatic carbocycles. The van der Waals surface area contributed by atoms with Gasteiger partial charge in [0.05, 0.1) is 16.2 Å². The minimum absolute atomic E-state index is 0.0473. The Morgan fingerprint density at radius 3 is 2.62 bits per heavy atom. The fraction of sp³-hybridized carbons (Fsp3) is 0. The number of amides is 1. The summed E-state index contributed by atoms with van der Waals surface area (Å²) in [5, 5.41) is 17.8. The van der Waals surface area contributed by atoms with Crippen molar-refractivity contribution in [1.29, 1.82) is 0 Å². The summed E-state index contributed by atoms with van der Waals surface area (Å²) in [5.74, 6) is -0.0630. The van der Waals surface area contributed by atoms with Crippen LogP contribution >= 0.6 is 0 Å². The van der Waals surface area contributed by atoms with E-state index < -0.39 is 10.8 Å². The molecule has 0 aliphatic heterocycles. The second-order valence-corrected chi connectivity index (χ2v) is 5.94. The Morgan fingerprint density at radius 1 is 1.03 bits per heavy atom. The Bertz CT molecular complexity index is 1190. The first-order valence-corrected chi connectivity index (χ1v) is 8.52. The van der Waals surface area contributed by atoms with Crippen molar-refractivity contribution in [3.05, 3.63) is 88.7 Å². The maximum absolute atomic E-state index is 12.7. The first kappa shape index (κ1) is 18.0. The fourth-order valence-corrected chi connectivity index (χ4v) is 2.74. The molecule has 0 saturated heterocycles. The monoisotopic (exact) mass is 387 g/mol. The van der Waals surface area contributed by atoms with Crippen LogP contribution in [0.15, 0.2) is 77.6 Å². The summed E-state index contributed by atoms with van der Waals surface area (Å²) in [4.78, 5) is 31.6. The summed E-state index contributed by atoms with van der Waals surface area (Å²) < 4.78 is 5.35. The van der Waals surface area contributed by atoms with Crippen molar-refractivity contribution in [2.24, 2.45) is 0 Å². The van der Waals surface area contributed by atoms with Gasteiger partial charge in [-0.05, 0) is 30.3 Å². The number of hydrogen-bond acceptors (Lipinski definition) is 7. The first-order chi connectivity index (χ1) is 14.1. The van der Waals surface area contributed by atoms with Crippen LogP contribution in [-0.4, -0.2) is 26.0 Å². The lowest BCUT2D eigenvalue weighted by Crippen LogP contribution is -2.14. The molecule has 9 heteroatoms. The van der Waals surface area contributed by atoms with Crippen LogP contribution in [-0.2, 0) is 0 Å². The number of pyridine rings is 1. The lowest BCUT2D eigenvalue weighted by molar-refractivity contribution is -0.385. The number of nitrogens with zero attached hydrogens (tertiary/aromatic N) is 4. The average Bonchev–Trinajstić information content (AvgIpc) is 3.25. The minimum atomic E-state index is -0.614. The van der Waals surface area contributed by atoms with Gasteiger partial charge in [0, 0.05) is 24.0 Å². The summed E-state index contributed by atoms with van der Waals surface area (Å²) in [6.45, 7) is 0. The predicted octanol–water partition coefficient (Wildman–Crippen LogP) is 3.96. The van der Waals surface area contributed by atoms with Gasteiger partial charge in [-0.2, -0.15) is 4.98 Å². The zero-order valence-electron chi connectivity index (χ0n) is 14.9. The molecule has 29 heavy (non-hydrogen) atoms. The van der Waals surface area contributed by atoms with Gasteiger partial charge in [0.1, 0.15) is 5.56 Å². The van der Waals surface area contributed by atoms with Crippen LogP contribution in [0.1, 0.15) is 10.4 Å². The Kier molecular flexibility index (Phi) is 4.77. The zero-order chi connectivity index (χ0) is 20.2. The van der Waals surface area contributed by atoms with Gasteiger partial charge in [-0.25, -0.2) is 0 Å². The van der Waals surface area contributed by atoms with Crippen molar-refractivity contribution in [2.75, 3.05) is 5.32 Å². The van der Waals surface area contributed by atoms with E-state index >= 15 is 0 Å². The van der Waals surface area contributed by atoms with Crippen molar-refractivity contribution in [2.45, 2.75) is 0 Å². The Balaban J connectivity index is 1.66. The zero-order valence-corrected chi connectivity index (χ0v) is 14.9. The maximum atomic E-state index is 12.7. The number of carbonyl (C=O) groups is 1. The van der Waals surface area contributed by atoms with Crippen LogP contribution in [0.25, 0.3) is 22.8 Å². The van der Waals surface area contributed by atoms with E-state index in [1.54, 1.807) is 54.9 Å². The van der Waals surface area contributed by atoms with Crippen LogP contribution in [0.3, 0.4) is 0 Å². The van der Waals surface area contributed by atoms with E-state index in [-0.39, 0.29) is 17.1 Å². The molecule has 0 fully saturated rings. The molecular weight excluding hydrogens is 374 g/mol. The minimum Gasteiger partial charge on any atom is -0.334 e. The highest BCUT2D eigenvalue weighted by Crippen LogP contribution is 2.29. The van der Waals surface area contributed by atoms with E-state index in [0.29, 0.717) is 22.6 Å². The van der Waals surface area contributed by atoms with Crippen LogP contribution in [0.2, 0.25) is 0 Å². The molecule has 142 valence electrons. The van der Waals surface area contributed by atoms with Gasteiger partial charge in [-0.3, -0.25) is 19.9 Å². The summed E-state index contributed by atoms with van der Waals surface area (Å²) in [7, 11) is 0. The van der Waals surface area contributed by atoms with Crippen molar-refractivity contribution >= 4 is 17.3 Å². The van der Waals surface area contributed by atoms with Crippen molar-refractivity contribution in [1.82, 2.24) is 15.1 Å². The van der Waals surface area contributed by atoms with Gasteiger partial charge in [0.15, 0.2) is 0 Å². The highest BCUT2D eigenvalue weighted by atomic mass is 16.6. The van der Waals surface area contributed by atoms with Gasteiger partial charge in [-0.1, -0.05) is 29.4 Å². The lowest BCUT2D eigenvalue weighted by Gasteiger charge is -2.08. The third kappa shape index (κ3) is 3.69. The largest absolute Gasteiger partial charge is 0.334 e. The Labute approximate surface area is 164 Å². The molecule has 2 aromatic heterocycles. The van der Waals surface area contributed by atoms with Crippen molar-refractivity contribution in [3.8, 4) is 22.8 Å². The number of nitrogens with one attached hydrogen (secondary N) is 1. The van der Waals surface area contributed by atoms with Gasteiger partial charge >= 0.3 is 0 Å². The number of para-hydroxylation sites is 2. The van der Waals surface area contributed by atoms with E-state index in [9.17, 15) is 14.9 Å². The highest BCUT2D eigenvalue weighted by molar-refractivity contribution is 6.08. The molecule has 0 radical (unpaired) electrons. The summed E-state index contributed by atoms with van der Waals surface area (Å²) in [5.41, 5.74) is 1.23. The highest BCUT2D eigenvalue weighted by Gasteiger charge is 2.21. The van der Waals surface area contributed by atoms with Gasteiger partial charge in [0.25, 0.3) is 17.5 Å². The molecule has 0 atom stereocenters. The van der Waals surface area contributed by atoms with Crippen LogP contribution in [0.5, 0.6) is 0 Å². The molecule has 1 amide bonds. The fourth-order valence-electron chi connectivity index (χ4n) is 2.74. The molecular formula is C20H13N5O4. The van der Waals surface area contributed by atoms with Gasteiger partial charge in [0.2, 0.25) is 5.82 Å². The average molecular weight is 387 g/mol. The molecule has 4 aromatic rings. The van der Waals surface area contributed by atoms with E-state index in [0.717, 1.165) is 0 Å². The maximum Gasteiger partial charge on any atom is 0.282 e. The molecule has 0 saturated carbocycles. The number of nitro benzene ring substituents is 1. The first-order valence-electron chi connectivity index (χ1n) is 8.52. The van der Waals surface area contributed by atoms with E-state index in [1.807, 2.05) is 0 Å². The van der Waals surface area contributed by atoms with Crippen LogP contribution in [0, 0.1) is 10.1 Å². The molecule has 0 spiro atoms. The van der Waals surface area contributed by atoms with Gasteiger partial charge < -0.3 is 9.84 Å². The van der Waals surface area contributed by atoms with Crippen LogP contribution in [0.4, 0.5) is 11.4 Å². The molecule has 1 N–H and O–H groups in total. The standard InChI is InChI=1S/C20H13N5O4/c26-19(15-8-2-4-10-17(15)25(27)28)22-16-9-3-1-7-14(16)20-23-18(24-29-20)13-6-5-11-21-12-13/h1-12H,(H,22,26). The van der Waals surface area contributed by atoms with Crippen molar-refractivity contribution < 1.29 is 14.2 Å². The number of benzene rings is 2. The quantitative estimate of drug-likeness (QED) is 0.406. The van der Waals surface area contributed by atoms with E-state index in [4.69, 9.17) is 4.52 Å². The van der Waals surface area contributed by atoms with E-state index in [2.05, 4.69) is 20.4 Å². The number of anilines is 1. The number of rotatable bonds is 5. The normalized spacial score (nSPS) is 10.5. The van der Waals surface area contributed by atoms with Crippen molar-refractivity contribution in [3.63, 3.8) is 0 Å². The Hall–Kier alpha value is -4.40. The lowest BCUT2D eigenvalue weighted by atomic mass is 10.1. The molecule has 4 rings (SSSR count). The molecule has 0 unspecified atom stereocenters. The topological polar surface area (TPSA) is 124 Å². The van der Waals surface area contributed by atoms with Gasteiger partial charge in [-0.15, -0.1) is 0 Å². The summed E-state index contributed by atoms with van der Waals surface area (Å²) >= 11 is 0. The molecule has 0 bridgehead atoms. The molecule has 9 nitrogen and oxygen atoms in total. The van der Waals surface area contributed by atoms with Crippen LogP contribution < -0.4 is 5.32 Å². The Morgan fingerprint density at radius 2 is 1.83 bits per heavy atom. The second-order valence-electron chi connectivity index (χ2n) is 5.94. The second kappa shape index (κ2) is 7.69. The smallest absolute Gasteiger partial charge is 0.282 e. The molecule has 0 aliphatic carbocycles. The third-order valence-electron chi connectivity index (χ3n) is 4.10. The number of hydrogen-bond donors (Lipinski definition) is 1. The summed E-state index contributed by atoms with van der Waals surface area (Å²) in [6.07, 6.45) is 3.24. The predicted molar refractivity (Wildman–Crippen MR) is 104 cm³/mol. The molecule has 2 heterocycles. The summed E-state index contributed by atoms with van der Waals surface area (Å²) in [6, 6.07) is 16.1. The third-order valence-corrected chi connectivity index (χ3v) is 4.10. The number of nitro groups is 1.